The van der Waals surface area contributed by atoms with Gasteiger partial charge in [0.25, 0.3) is 0 Å². The summed E-state index contributed by atoms with van der Waals surface area (Å²) in [5, 5.41) is 21.6. The number of hydrogen-bond donors (Lipinski definition) is 3. The first-order chi connectivity index (χ1) is 19.9. The van der Waals surface area contributed by atoms with E-state index in [1.54, 1.807) is 0 Å². The summed E-state index contributed by atoms with van der Waals surface area (Å²) < 4.78 is 17.2. The molecule has 0 spiro atoms. The highest BCUT2D eigenvalue weighted by Gasteiger charge is 2.22. The molecule has 218 valence electrons. The molecule has 0 saturated carbocycles. The van der Waals surface area contributed by atoms with Gasteiger partial charge in [0, 0.05) is 6.42 Å². The van der Waals surface area contributed by atoms with Crippen molar-refractivity contribution in [2.45, 2.75) is 58.0 Å². The molecule has 9 nitrogen and oxygen atoms in total. The number of carbonyl (C=O) groups excluding carboxylic acids is 1. The summed E-state index contributed by atoms with van der Waals surface area (Å²) in [5.41, 5.74) is 1.07. The quantitative estimate of drug-likeness (QED) is 0.156. The third-order valence-corrected chi connectivity index (χ3v) is 6.23. The van der Waals surface area contributed by atoms with E-state index >= 15 is 0 Å². The SMILES string of the molecule is CCCCC(Oc1cc(C(=O)O)ccc1NC(=O)CCc1cccc(OCCCCOc2ccccc2)c1)C(=O)O. The fourth-order valence-electron chi connectivity index (χ4n) is 3.99. The molecule has 9 heteroatoms. The lowest BCUT2D eigenvalue weighted by Crippen LogP contribution is -2.27. The Balaban J connectivity index is 1.50. The van der Waals surface area contributed by atoms with Crippen LogP contribution in [-0.2, 0) is 16.0 Å². The molecule has 41 heavy (non-hydrogen) atoms. The highest BCUT2D eigenvalue weighted by Crippen LogP contribution is 2.28. The number of rotatable bonds is 18. The lowest BCUT2D eigenvalue weighted by Gasteiger charge is -2.18. The van der Waals surface area contributed by atoms with Gasteiger partial charge in [-0.25, -0.2) is 9.59 Å². The zero-order valence-electron chi connectivity index (χ0n) is 23.2. The van der Waals surface area contributed by atoms with Gasteiger partial charge in [0.2, 0.25) is 5.91 Å². The van der Waals surface area contributed by atoms with Gasteiger partial charge in [-0.05, 0) is 80.1 Å². The van der Waals surface area contributed by atoms with Crippen molar-refractivity contribution in [2.75, 3.05) is 18.5 Å². The topological polar surface area (TPSA) is 131 Å². The summed E-state index contributed by atoms with van der Waals surface area (Å²) in [6.07, 6.45) is 2.81. The minimum absolute atomic E-state index is 0.00585. The van der Waals surface area contributed by atoms with Crippen LogP contribution in [0.25, 0.3) is 0 Å². The van der Waals surface area contributed by atoms with Crippen molar-refractivity contribution < 1.29 is 38.8 Å². The Hall–Kier alpha value is -4.53. The van der Waals surface area contributed by atoms with E-state index in [-0.39, 0.29) is 35.7 Å². The Labute approximate surface area is 240 Å². The van der Waals surface area contributed by atoms with E-state index in [1.165, 1.54) is 18.2 Å². The second-order valence-electron chi connectivity index (χ2n) is 9.52. The number of amides is 1. The van der Waals surface area contributed by atoms with Crippen molar-refractivity contribution in [3.63, 3.8) is 0 Å². The summed E-state index contributed by atoms with van der Waals surface area (Å²) in [6, 6.07) is 21.2. The van der Waals surface area contributed by atoms with Gasteiger partial charge < -0.3 is 29.7 Å². The number of carboxylic acid groups (broad SMARTS) is 2. The van der Waals surface area contributed by atoms with Crippen LogP contribution >= 0.6 is 0 Å². The zero-order valence-corrected chi connectivity index (χ0v) is 23.2. The Morgan fingerprint density at radius 3 is 2.22 bits per heavy atom. The minimum atomic E-state index is -1.18. The molecule has 0 aliphatic heterocycles. The van der Waals surface area contributed by atoms with E-state index in [1.807, 2.05) is 61.5 Å². The maximum Gasteiger partial charge on any atom is 0.344 e. The minimum Gasteiger partial charge on any atom is -0.494 e. The van der Waals surface area contributed by atoms with Crippen molar-refractivity contribution >= 4 is 23.5 Å². The lowest BCUT2D eigenvalue weighted by atomic mass is 10.1. The summed E-state index contributed by atoms with van der Waals surface area (Å²) in [5.74, 6) is -1.08. The van der Waals surface area contributed by atoms with Crippen LogP contribution in [0.4, 0.5) is 5.69 Å². The lowest BCUT2D eigenvalue weighted by molar-refractivity contribution is -0.145. The highest BCUT2D eigenvalue weighted by atomic mass is 16.5. The fourth-order valence-corrected chi connectivity index (χ4v) is 3.99. The summed E-state index contributed by atoms with van der Waals surface area (Å²) >= 11 is 0. The van der Waals surface area contributed by atoms with E-state index in [9.17, 15) is 24.6 Å². The monoisotopic (exact) mass is 563 g/mol. The van der Waals surface area contributed by atoms with Crippen LogP contribution in [0, 0.1) is 0 Å². The van der Waals surface area contributed by atoms with Gasteiger partial charge in [0.15, 0.2) is 6.10 Å². The van der Waals surface area contributed by atoms with E-state index in [0.29, 0.717) is 26.1 Å². The number of para-hydroxylation sites is 1. The number of carbonyl (C=O) groups is 3. The third kappa shape index (κ3) is 10.9. The summed E-state index contributed by atoms with van der Waals surface area (Å²) in [7, 11) is 0. The second-order valence-corrected chi connectivity index (χ2v) is 9.52. The van der Waals surface area contributed by atoms with Crippen LogP contribution in [0.15, 0.2) is 72.8 Å². The molecule has 1 amide bonds. The first-order valence-electron chi connectivity index (χ1n) is 13.8. The van der Waals surface area contributed by atoms with E-state index in [0.717, 1.165) is 36.3 Å². The van der Waals surface area contributed by atoms with Crippen molar-refractivity contribution in [1.29, 1.82) is 0 Å². The van der Waals surface area contributed by atoms with Gasteiger partial charge >= 0.3 is 11.9 Å². The molecule has 3 rings (SSSR count). The average molecular weight is 564 g/mol. The van der Waals surface area contributed by atoms with Crippen LogP contribution in [-0.4, -0.2) is 47.4 Å². The van der Waals surface area contributed by atoms with Crippen LogP contribution in [0.1, 0.15) is 61.4 Å². The molecule has 3 aromatic rings. The van der Waals surface area contributed by atoms with E-state index in [4.69, 9.17) is 14.2 Å². The first-order valence-corrected chi connectivity index (χ1v) is 13.8. The molecule has 0 aliphatic rings. The van der Waals surface area contributed by atoms with Crippen molar-refractivity contribution in [2.24, 2.45) is 0 Å². The molecule has 3 N–H and O–H groups in total. The molecule has 0 radical (unpaired) electrons. The van der Waals surface area contributed by atoms with Crippen LogP contribution in [0.3, 0.4) is 0 Å². The molecule has 0 aromatic heterocycles. The number of aryl methyl sites for hydroxylation is 1. The maximum absolute atomic E-state index is 12.8. The number of carboxylic acids is 2. The molecule has 0 aliphatic carbocycles. The molecule has 0 fully saturated rings. The van der Waals surface area contributed by atoms with Gasteiger partial charge in [-0.2, -0.15) is 0 Å². The molecule has 0 saturated heterocycles. The molecule has 0 bridgehead atoms. The van der Waals surface area contributed by atoms with E-state index < -0.39 is 18.0 Å². The van der Waals surface area contributed by atoms with Gasteiger partial charge in [0.1, 0.15) is 17.2 Å². The Morgan fingerprint density at radius 1 is 0.829 bits per heavy atom. The summed E-state index contributed by atoms with van der Waals surface area (Å²) in [6.45, 7) is 3.10. The smallest absolute Gasteiger partial charge is 0.344 e. The molecule has 1 atom stereocenters. The largest absolute Gasteiger partial charge is 0.494 e. The molecular formula is C32H37NO8. The predicted molar refractivity (Wildman–Crippen MR) is 155 cm³/mol. The van der Waals surface area contributed by atoms with Crippen LogP contribution in [0.5, 0.6) is 17.2 Å². The second kappa shape index (κ2) is 16.5. The Morgan fingerprint density at radius 2 is 1.54 bits per heavy atom. The van der Waals surface area contributed by atoms with Gasteiger partial charge in [0.05, 0.1) is 24.5 Å². The van der Waals surface area contributed by atoms with Gasteiger partial charge in [-0.15, -0.1) is 0 Å². The standard InChI is InChI=1S/C32H37NO8/c1-2-3-14-28(32(37)38)41-29-22-24(31(35)36)16-17-27(29)33-30(34)18-15-23-10-9-13-26(21-23)40-20-8-7-19-39-25-11-5-4-6-12-25/h4-6,9-13,16-17,21-22,28H,2-3,7-8,14-15,18-20H2,1H3,(H,33,34)(H,35,36)(H,37,38). The number of hydrogen-bond acceptors (Lipinski definition) is 6. The number of unbranched alkanes of at least 4 members (excludes halogenated alkanes) is 2. The zero-order chi connectivity index (χ0) is 29.5. The fraction of sp³-hybridized carbons (Fsp3) is 0.344. The molecule has 0 heterocycles. The number of ether oxygens (including phenoxy) is 3. The number of nitrogens with one attached hydrogen (secondary N) is 1. The van der Waals surface area contributed by atoms with Crippen molar-refractivity contribution in [1.82, 2.24) is 0 Å². The molecule has 1 unspecified atom stereocenters. The highest BCUT2D eigenvalue weighted by molar-refractivity contribution is 5.94. The van der Waals surface area contributed by atoms with E-state index in [2.05, 4.69) is 5.32 Å². The number of anilines is 1. The Kier molecular flexibility index (Phi) is 12.5. The average Bonchev–Trinajstić information content (AvgIpc) is 2.97. The first kappa shape index (κ1) is 31.0. The van der Waals surface area contributed by atoms with Crippen LogP contribution < -0.4 is 19.5 Å². The molecular weight excluding hydrogens is 526 g/mol. The number of aromatic carboxylic acids is 1. The van der Waals surface area contributed by atoms with Gasteiger partial charge in [-0.3, -0.25) is 4.79 Å². The predicted octanol–water partition coefficient (Wildman–Crippen LogP) is 6.22. The summed E-state index contributed by atoms with van der Waals surface area (Å²) in [4.78, 5) is 35.9. The normalized spacial score (nSPS) is 11.3. The Bertz CT molecular complexity index is 1280. The molecule has 3 aromatic carbocycles. The number of aliphatic carboxylic acids is 1. The van der Waals surface area contributed by atoms with Crippen molar-refractivity contribution in [3.05, 3.63) is 83.9 Å². The van der Waals surface area contributed by atoms with Crippen LogP contribution in [0.2, 0.25) is 0 Å². The third-order valence-electron chi connectivity index (χ3n) is 6.23. The number of benzene rings is 3. The van der Waals surface area contributed by atoms with Crippen molar-refractivity contribution in [3.8, 4) is 17.2 Å². The van der Waals surface area contributed by atoms with Gasteiger partial charge in [-0.1, -0.05) is 43.7 Å². The maximum atomic E-state index is 12.8.